The highest BCUT2D eigenvalue weighted by molar-refractivity contribution is 6.09. The van der Waals surface area contributed by atoms with E-state index in [4.69, 9.17) is 4.74 Å². The molecule has 1 atom stereocenters. The quantitative estimate of drug-likeness (QED) is 0.132. The summed E-state index contributed by atoms with van der Waals surface area (Å²) in [6.07, 6.45) is 13.7. The first-order chi connectivity index (χ1) is 17.9. The lowest BCUT2D eigenvalue weighted by molar-refractivity contribution is -0.148. The number of rotatable bonds is 17. The molecule has 1 N–H and O–H groups in total. The SMILES string of the molecule is CCCCCCCCCCCCOC(=O)C(C(=O)Nc1c(C(C)C)cccc1C(C)C)c1ccccn1. The predicted octanol–water partition coefficient (Wildman–Crippen LogP) is 8.51. The molecule has 5 heteroatoms. The Balaban J connectivity index is 1.98. The first-order valence-electron chi connectivity index (χ1n) is 14.4. The molecule has 0 bridgehead atoms. The zero-order valence-electron chi connectivity index (χ0n) is 23.7. The molecule has 1 amide bonds. The number of carbonyl (C=O) groups is 2. The molecule has 0 saturated heterocycles. The Bertz CT molecular complexity index is 914. The van der Waals surface area contributed by atoms with Gasteiger partial charge in [0.1, 0.15) is 0 Å². The number of anilines is 1. The molecular formula is C32H48N2O3. The van der Waals surface area contributed by atoms with Crippen molar-refractivity contribution in [1.29, 1.82) is 0 Å². The highest BCUT2D eigenvalue weighted by Gasteiger charge is 2.32. The minimum Gasteiger partial charge on any atom is -0.465 e. The van der Waals surface area contributed by atoms with Crippen molar-refractivity contribution in [2.24, 2.45) is 0 Å². The van der Waals surface area contributed by atoms with Gasteiger partial charge < -0.3 is 10.1 Å². The van der Waals surface area contributed by atoms with Crippen molar-refractivity contribution < 1.29 is 14.3 Å². The summed E-state index contributed by atoms with van der Waals surface area (Å²) in [7, 11) is 0. The standard InChI is InChI=1S/C32H48N2O3/c1-6-7-8-9-10-11-12-13-14-17-23-37-32(36)29(28-21-15-16-22-33-28)31(35)34-30-26(24(2)3)19-18-20-27(30)25(4)5/h15-16,18-22,24-25,29H,6-14,17,23H2,1-5H3,(H,34,35). The third-order valence-electron chi connectivity index (χ3n) is 6.84. The third-order valence-corrected chi connectivity index (χ3v) is 6.84. The van der Waals surface area contributed by atoms with Crippen LogP contribution in [0.4, 0.5) is 5.69 Å². The normalized spacial score (nSPS) is 12.1. The smallest absolute Gasteiger partial charge is 0.324 e. The van der Waals surface area contributed by atoms with Gasteiger partial charge in [0.25, 0.3) is 0 Å². The van der Waals surface area contributed by atoms with Gasteiger partial charge in [-0.15, -0.1) is 0 Å². The number of nitrogens with one attached hydrogen (secondary N) is 1. The van der Waals surface area contributed by atoms with E-state index in [0.717, 1.165) is 36.1 Å². The second-order valence-corrected chi connectivity index (χ2v) is 10.6. The Morgan fingerprint density at radius 2 is 1.35 bits per heavy atom. The summed E-state index contributed by atoms with van der Waals surface area (Å²) < 4.78 is 5.61. The number of amides is 1. The van der Waals surface area contributed by atoms with E-state index in [-0.39, 0.29) is 11.8 Å². The number of carbonyl (C=O) groups excluding carboxylic acids is 2. The first kappa shape index (κ1) is 30.5. The molecule has 0 aliphatic heterocycles. The summed E-state index contributed by atoms with van der Waals surface area (Å²) in [6.45, 7) is 11.0. The summed E-state index contributed by atoms with van der Waals surface area (Å²) in [4.78, 5) is 31.0. The fourth-order valence-electron chi connectivity index (χ4n) is 4.65. The summed E-state index contributed by atoms with van der Waals surface area (Å²) in [5.74, 6) is -1.59. The van der Waals surface area contributed by atoms with Gasteiger partial charge in [0.05, 0.1) is 12.3 Å². The van der Waals surface area contributed by atoms with Crippen LogP contribution in [0.5, 0.6) is 0 Å². The van der Waals surface area contributed by atoms with Crippen LogP contribution in [-0.4, -0.2) is 23.5 Å². The van der Waals surface area contributed by atoms with Crippen molar-refractivity contribution in [2.45, 2.75) is 117 Å². The van der Waals surface area contributed by atoms with Gasteiger partial charge in [0.15, 0.2) is 5.92 Å². The topological polar surface area (TPSA) is 68.3 Å². The van der Waals surface area contributed by atoms with E-state index in [9.17, 15) is 9.59 Å². The fourth-order valence-corrected chi connectivity index (χ4v) is 4.65. The van der Waals surface area contributed by atoms with Crippen LogP contribution in [0.1, 0.15) is 133 Å². The van der Waals surface area contributed by atoms with Crippen LogP contribution in [0.25, 0.3) is 0 Å². The molecule has 2 rings (SSSR count). The Kier molecular flexibility index (Phi) is 14.0. The summed E-state index contributed by atoms with van der Waals surface area (Å²) in [5, 5.41) is 3.08. The molecule has 0 saturated carbocycles. The molecule has 0 aliphatic rings. The van der Waals surface area contributed by atoms with Crippen LogP contribution in [-0.2, 0) is 14.3 Å². The number of esters is 1. The van der Waals surface area contributed by atoms with E-state index in [1.165, 1.54) is 44.9 Å². The number of hydrogen-bond acceptors (Lipinski definition) is 4. The van der Waals surface area contributed by atoms with E-state index in [0.29, 0.717) is 12.3 Å². The molecule has 0 fully saturated rings. The zero-order valence-corrected chi connectivity index (χ0v) is 23.7. The molecule has 1 heterocycles. The second kappa shape index (κ2) is 16.9. The van der Waals surface area contributed by atoms with Crippen LogP contribution >= 0.6 is 0 Å². The van der Waals surface area contributed by atoms with Crippen molar-refractivity contribution in [1.82, 2.24) is 4.98 Å². The Labute approximate surface area is 224 Å². The number of para-hydroxylation sites is 1. The zero-order chi connectivity index (χ0) is 27.0. The van der Waals surface area contributed by atoms with Gasteiger partial charge in [-0.2, -0.15) is 0 Å². The molecule has 204 valence electrons. The number of pyridine rings is 1. The van der Waals surface area contributed by atoms with Crippen LogP contribution in [0.3, 0.4) is 0 Å². The molecule has 0 aliphatic carbocycles. The fraction of sp³-hybridized carbons (Fsp3) is 0.594. The highest BCUT2D eigenvalue weighted by atomic mass is 16.5. The summed E-state index contributed by atoms with van der Waals surface area (Å²) in [5.41, 5.74) is 3.30. The van der Waals surface area contributed by atoms with Crippen molar-refractivity contribution in [3.8, 4) is 0 Å². The van der Waals surface area contributed by atoms with E-state index in [2.05, 4.69) is 44.9 Å². The molecule has 2 aromatic rings. The van der Waals surface area contributed by atoms with Gasteiger partial charge in [-0.1, -0.05) is 117 Å². The molecular weight excluding hydrogens is 460 g/mol. The lowest BCUT2D eigenvalue weighted by atomic mass is 9.92. The molecule has 37 heavy (non-hydrogen) atoms. The number of hydrogen-bond donors (Lipinski definition) is 1. The van der Waals surface area contributed by atoms with Crippen molar-refractivity contribution >= 4 is 17.6 Å². The van der Waals surface area contributed by atoms with Crippen LogP contribution in [0.2, 0.25) is 0 Å². The lowest BCUT2D eigenvalue weighted by Gasteiger charge is -2.22. The minimum absolute atomic E-state index is 0.227. The molecule has 5 nitrogen and oxygen atoms in total. The van der Waals surface area contributed by atoms with E-state index in [1.807, 2.05) is 18.2 Å². The van der Waals surface area contributed by atoms with Crippen molar-refractivity contribution in [2.75, 3.05) is 11.9 Å². The van der Waals surface area contributed by atoms with Gasteiger partial charge in [-0.05, 0) is 41.5 Å². The molecule has 0 spiro atoms. The molecule has 1 unspecified atom stereocenters. The number of unbranched alkanes of at least 4 members (excludes halogenated alkanes) is 9. The molecule has 1 aromatic heterocycles. The van der Waals surface area contributed by atoms with E-state index in [1.54, 1.807) is 24.4 Å². The molecule has 0 radical (unpaired) electrons. The monoisotopic (exact) mass is 508 g/mol. The number of aromatic nitrogens is 1. The Hall–Kier alpha value is -2.69. The van der Waals surface area contributed by atoms with Crippen LogP contribution in [0.15, 0.2) is 42.6 Å². The lowest BCUT2D eigenvalue weighted by Crippen LogP contribution is -2.31. The van der Waals surface area contributed by atoms with Crippen molar-refractivity contribution in [3.05, 3.63) is 59.4 Å². The van der Waals surface area contributed by atoms with Gasteiger partial charge >= 0.3 is 5.97 Å². The average molecular weight is 509 g/mol. The number of benzene rings is 1. The van der Waals surface area contributed by atoms with Crippen LogP contribution in [0, 0.1) is 0 Å². The number of ether oxygens (including phenoxy) is 1. The van der Waals surface area contributed by atoms with E-state index < -0.39 is 17.8 Å². The maximum Gasteiger partial charge on any atom is 0.324 e. The minimum atomic E-state index is -1.11. The molecule has 1 aromatic carbocycles. The van der Waals surface area contributed by atoms with Gasteiger partial charge in [-0.25, -0.2) is 0 Å². The van der Waals surface area contributed by atoms with Gasteiger partial charge in [0, 0.05) is 11.9 Å². The maximum atomic E-state index is 13.6. The third kappa shape index (κ3) is 10.3. The van der Waals surface area contributed by atoms with Gasteiger partial charge in [-0.3, -0.25) is 14.6 Å². The summed E-state index contributed by atoms with van der Waals surface area (Å²) in [6, 6.07) is 11.4. The largest absolute Gasteiger partial charge is 0.465 e. The maximum absolute atomic E-state index is 13.6. The Morgan fingerprint density at radius 1 is 0.784 bits per heavy atom. The Morgan fingerprint density at radius 3 is 1.86 bits per heavy atom. The van der Waals surface area contributed by atoms with Crippen molar-refractivity contribution in [3.63, 3.8) is 0 Å². The van der Waals surface area contributed by atoms with Gasteiger partial charge in [0.2, 0.25) is 5.91 Å². The van der Waals surface area contributed by atoms with Crippen LogP contribution < -0.4 is 5.32 Å². The predicted molar refractivity (Wildman–Crippen MR) is 153 cm³/mol. The summed E-state index contributed by atoms with van der Waals surface area (Å²) >= 11 is 0. The number of nitrogens with zero attached hydrogens (tertiary/aromatic N) is 1. The second-order valence-electron chi connectivity index (χ2n) is 10.6. The first-order valence-corrected chi connectivity index (χ1v) is 14.4. The van der Waals surface area contributed by atoms with E-state index >= 15 is 0 Å². The highest BCUT2D eigenvalue weighted by Crippen LogP contribution is 2.33. The average Bonchev–Trinajstić information content (AvgIpc) is 2.88.